The number of anilines is 1. The van der Waals surface area contributed by atoms with Crippen LogP contribution in [0.1, 0.15) is 65.1 Å². The highest BCUT2D eigenvalue weighted by molar-refractivity contribution is 6.13. The van der Waals surface area contributed by atoms with Crippen LogP contribution in [0.15, 0.2) is 36.5 Å². The lowest BCUT2D eigenvalue weighted by Gasteiger charge is -2.12. The third kappa shape index (κ3) is 3.24. The van der Waals surface area contributed by atoms with Crippen molar-refractivity contribution in [3.8, 4) is 0 Å². The number of pyridine rings is 1. The highest BCUT2D eigenvalue weighted by Gasteiger charge is 2.28. The Hall–Kier alpha value is -3.22. The topological polar surface area (TPSA) is 86.1 Å². The number of para-hydroxylation sites is 1. The molecule has 144 valence electrons. The Morgan fingerprint density at radius 2 is 1.96 bits per heavy atom. The number of benzene rings is 1. The maximum atomic E-state index is 13.1. The average Bonchev–Trinajstić information content (AvgIpc) is 3.45. The van der Waals surface area contributed by atoms with Crippen molar-refractivity contribution in [3.63, 3.8) is 0 Å². The van der Waals surface area contributed by atoms with Crippen LogP contribution < -0.4 is 5.32 Å². The molecule has 7 heteroatoms. The minimum atomic E-state index is -0.498. The smallest absolute Gasteiger partial charge is 0.339 e. The second kappa shape index (κ2) is 7.07. The van der Waals surface area contributed by atoms with Gasteiger partial charge >= 0.3 is 5.97 Å². The summed E-state index contributed by atoms with van der Waals surface area (Å²) < 4.78 is 6.64. The summed E-state index contributed by atoms with van der Waals surface area (Å²) in [6, 6.07) is 8.77. The molecule has 0 spiro atoms. The van der Waals surface area contributed by atoms with Crippen molar-refractivity contribution < 1.29 is 14.3 Å². The molecule has 1 aliphatic carbocycles. The Labute approximate surface area is 162 Å². The molecule has 0 bridgehead atoms. The zero-order valence-corrected chi connectivity index (χ0v) is 16.1. The number of nitrogens with one attached hydrogen (secondary N) is 1. The van der Waals surface area contributed by atoms with Crippen LogP contribution in [-0.2, 0) is 4.74 Å². The zero-order chi connectivity index (χ0) is 19.8. The van der Waals surface area contributed by atoms with Crippen LogP contribution in [0.2, 0.25) is 0 Å². The van der Waals surface area contributed by atoms with Crippen LogP contribution in [0.3, 0.4) is 0 Å². The van der Waals surface area contributed by atoms with Gasteiger partial charge in [0, 0.05) is 17.7 Å². The summed E-state index contributed by atoms with van der Waals surface area (Å²) in [7, 11) is 1.32. The molecule has 0 radical (unpaired) electrons. The molecule has 0 aliphatic heterocycles. The number of hydrogen-bond acceptors (Lipinski definition) is 5. The molecule has 1 aliphatic rings. The van der Waals surface area contributed by atoms with E-state index in [9.17, 15) is 9.59 Å². The van der Waals surface area contributed by atoms with Gasteiger partial charge in [0.15, 0.2) is 5.65 Å². The third-order valence-corrected chi connectivity index (χ3v) is 4.90. The Bertz CT molecular complexity index is 1070. The van der Waals surface area contributed by atoms with Crippen LogP contribution >= 0.6 is 0 Å². The maximum absolute atomic E-state index is 13.1. The number of amides is 1. The van der Waals surface area contributed by atoms with E-state index in [-0.39, 0.29) is 11.9 Å². The predicted molar refractivity (Wildman–Crippen MR) is 106 cm³/mol. The van der Waals surface area contributed by atoms with Gasteiger partial charge in [-0.25, -0.2) is 14.5 Å². The first-order valence-corrected chi connectivity index (χ1v) is 9.36. The number of ether oxygens (including phenoxy) is 1. The lowest BCUT2D eigenvalue weighted by atomic mass is 10.1. The molecule has 0 saturated heterocycles. The monoisotopic (exact) mass is 378 g/mol. The van der Waals surface area contributed by atoms with Gasteiger partial charge in [0.2, 0.25) is 0 Å². The quantitative estimate of drug-likeness (QED) is 0.680. The van der Waals surface area contributed by atoms with Gasteiger partial charge in [0.25, 0.3) is 5.91 Å². The third-order valence-electron chi connectivity index (χ3n) is 4.90. The van der Waals surface area contributed by atoms with Gasteiger partial charge in [-0.15, -0.1) is 0 Å². The Balaban J connectivity index is 1.77. The molecule has 1 amide bonds. The predicted octanol–water partition coefficient (Wildman–Crippen LogP) is 3.93. The van der Waals surface area contributed by atoms with E-state index in [2.05, 4.69) is 10.4 Å². The number of nitrogens with zero attached hydrogens (tertiary/aromatic N) is 3. The van der Waals surface area contributed by atoms with Crippen molar-refractivity contribution in [1.29, 1.82) is 0 Å². The molecular weight excluding hydrogens is 356 g/mol. The van der Waals surface area contributed by atoms with E-state index in [4.69, 9.17) is 9.72 Å². The molecule has 0 atom stereocenters. The SMILES string of the molecule is COC(=O)c1ccccc1NC(=O)c1cc(C2CC2)nc2c1cnn2C(C)C. The molecule has 1 saturated carbocycles. The van der Waals surface area contributed by atoms with Gasteiger partial charge in [-0.1, -0.05) is 12.1 Å². The van der Waals surface area contributed by atoms with Gasteiger partial charge < -0.3 is 10.1 Å². The van der Waals surface area contributed by atoms with Gasteiger partial charge in [-0.2, -0.15) is 5.10 Å². The lowest BCUT2D eigenvalue weighted by molar-refractivity contribution is 0.0602. The number of esters is 1. The van der Waals surface area contributed by atoms with Crippen LogP contribution in [-0.4, -0.2) is 33.8 Å². The summed E-state index contributed by atoms with van der Waals surface area (Å²) in [4.78, 5) is 29.9. The second-order valence-corrected chi connectivity index (χ2v) is 7.28. The number of rotatable bonds is 5. The lowest BCUT2D eigenvalue weighted by Crippen LogP contribution is -2.16. The molecule has 4 rings (SSSR count). The van der Waals surface area contributed by atoms with Crippen molar-refractivity contribution in [2.75, 3.05) is 12.4 Å². The van der Waals surface area contributed by atoms with Crippen molar-refractivity contribution in [2.45, 2.75) is 38.6 Å². The fraction of sp³-hybridized carbons (Fsp3) is 0.333. The van der Waals surface area contributed by atoms with Gasteiger partial charge in [-0.05, 0) is 44.9 Å². The molecule has 1 fully saturated rings. The minimum absolute atomic E-state index is 0.135. The van der Waals surface area contributed by atoms with E-state index in [1.165, 1.54) is 7.11 Å². The van der Waals surface area contributed by atoms with Crippen molar-refractivity contribution in [2.24, 2.45) is 0 Å². The van der Waals surface area contributed by atoms with Crippen molar-refractivity contribution in [1.82, 2.24) is 14.8 Å². The Morgan fingerprint density at radius 1 is 1.21 bits per heavy atom. The summed E-state index contributed by atoms with van der Waals surface area (Å²) in [6.07, 6.45) is 3.85. The van der Waals surface area contributed by atoms with Crippen LogP contribution in [0, 0.1) is 0 Å². The largest absolute Gasteiger partial charge is 0.465 e. The van der Waals surface area contributed by atoms with Gasteiger partial charge in [0.1, 0.15) is 0 Å². The molecule has 2 aromatic heterocycles. The normalized spacial score (nSPS) is 13.7. The molecule has 0 unspecified atom stereocenters. The minimum Gasteiger partial charge on any atom is -0.465 e. The van der Waals surface area contributed by atoms with E-state index in [0.29, 0.717) is 33.8 Å². The van der Waals surface area contributed by atoms with Gasteiger partial charge in [-0.3, -0.25) is 4.79 Å². The molecule has 7 nitrogen and oxygen atoms in total. The number of aromatic nitrogens is 3. The summed E-state index contributed by atoms with van der Waals surface area (Å²) >= 11 is 0. The number of carbonyl (C=O) groups excluding carboxylic acids is 2. The van der Waals surface area contributed by atoms with Crippen LogP contribution in [0.4, 0.5) is 5.69 Å². The molecular formula is C21H22N4O3. The van der Waals surface area contributed by atoms with Crippen molar-refractivity contribution in [3.05, 3.63) is 53.3 Å². The average molecular weight is 378 g/mol. The number of hydrogen-bond donors (Lipinski definition) is 1. The van der Waals surface area contributed by atoms with E-state index in [1.54, 1.807) is 30.5 Å². The molecule has 3 aromatic rings. The summed E-state index contributed by atoms with van der Waals surface area (Å²) in [5.41, 5.74) is 2.86. The summed E-state index contributed by atoms with van der Waals surface area (Å²) in [5.74, 6) is -0.398. The number of carbonyl (C=O) groups is 2. The number of fused-ring (bicyclic) bond motifs is 1. The standard InChI is InChI=1S/C21H22N4O3/c1-12(2)25-19-16(11-22-25)15(10-18(23-19)13-8-9-13)20(26)24-17-7-5-4-6-14(17)21(27)28-3/h4-7,10-13H,8-9H2,1-3H3,(H,24,26). The Kier molecular flexibility index (Phi) is 4.58. The highest BCUT2D eigenvalue weighted by Crippen LogP contribution is 2.40. The number of methoxy groups -OCH3 is 1. The molecule has 2 heterocycles. The second-order valence-electron chi connectivity index (χ2n) is 7.28. The van der Waals surface area contributed by atoms with Gasteiger partial charge in [0.05, 0.1) is 35.5 Å². The fourth-order valence-electron chi connectivity index (χ4n) is 3.26. The zero-order valence-electron chi connectivity index (χ0n) is 16.1. The maximum Gasteiger partial charge on any atom is 0.339 e. The van der Waals surface area contributed by atoms with Crippen molar-refractivity contribution >= 4 is 28.6 Å². The first kappa shape index (κ1) is 18.2. The van der Waals surface area contributed by atoms with Crippen LogP contribution in [0.25, 0.3) is 11.0 Å². The highest BCUT2D eigenvalue weighted by atomic mass is 16.5. The fourth-order valence-corrected chi connectivity index (χ4v) is 3.26. The van der Waals surface area contributed by atoms with E-state index < -0.39 is 5.97 Å². The molecule has 28 heavy (non-hydrogen) atoms. The summed E-state index contributed by atoms with van der Waals surface area (Å²) in [6.45, 7) is 4.06. The molecule has 1 aromatic carbocycles. The molecule has 1 N–H and O–H groups in total. The first-order valence-electron chi connectivity index (χ1n) is 9.36. The van der Waals surface area contributed by atoms with E-state index in [1.807, 2.05) is 24.6 Å². The first-order chi connectivity index (χ1) is 13.5. The summed E-state index contributed by atoms with van der Waals surface area (Å²) in [5, 5.41) is 7.98. The van der Waals surface area contributed by atoms with E-state index in [0.717, 1.165) is 18.5 Å². The Morgan fingerprint density at radius 3 is 2.64 bits per heavy atom. The van der Waals surface area contributed by atoms with Crippen LogP contribution in [0.5, 0.6) is 0 Å². The van der Waals surface area contributed by atoms with E-state index >= 15 is 0 Å².